The van der Waals surface area contributed by atoms with Gasteiger partial charge in [0.1, 0.15) is 6.23 Å². The summed E-state index contributed by atoms with van der Waals surface area (Å²) in [4.78, 5) is 23.5. The van der Waals surface area contributed by atoms with Crippen molar-refractivity contribution in [1.82, 2.24) is 14.8 Å². The van der Waals surface area contributed by atoms with Crippen LogP contribution in [0.15, 0.2) is 24.5 Å². The van der Waals surface area contributed by atoms with Gasteiger partial charge < -0.3 is 14.5 Å². The molecule has 25 heavy (non-hydrogen) atoms. The summed E-state index contributed by atoms with van der Waals surface area (Å²) < 4.78 is 6.52. The lowest BCUT2D eigenvalue weighted by Gasteiger charge is -2.43. The lowest BCUT2D eigenvalue weighted by molar-refractivity contribution is -0.152. The number of nitrogens with zero attached hydrogens (tertiary/aromatic N) is 4. The molecule has 4 heterocycles. The Morgan fingerprint density at radius 2 is 1.92 bits per heavy atom. The van der Waals surface area contributed by atoms with Gasteiger partial charge in [-0.05, 0) is 37.8 Å². The highest BCUT2D eigenvalue weighted by Gasteiger charge is 2.51. The molecule has 0 radical (unpaired) electrons. The van der Waals surface area contributed by atoms with Crippen LogP contribution in [0.3, 0.4) is 0 Å². The number of rotatable bonds is 2. The number of fused-ring (bicyclic) bond motifs is 1. The van der Waals surface area contributed by atoms with Crippen LogP contribution < -0.4 is 4.90 Å². The van der Waals surface area contributed by atoms with E-state index in [1.807, 2.05) is 17.3 Å². The summed E-state index contributed by atoms with van der Waals surface area (Å²) in [5.74, 6) is 0.261. The van der Waals surface area contributed by atoms with Crippen molar-refractivity contribution >= 4 is 11.6 Å². The molecule has 1 aliphatic carbocycles. The minimum atomic E-state index is -0.139. The number of ether oxygens (including phenoxy) is 1. The Balaban J connectivity index is 1.25. The largest absolute Gasteiger partial charge is 0.371 e. The molecule has 0 bridgehead atoms. The highest BCUT2D eigenvalue weighted by Crippen LogP contribution is 2.39. The average Bonchev–Trinajstić information content (AvgIpc) is 2.93. The van der Waals surface area contributed by atoms with Crippen molar-refractivity contribution in [2.24, 2.45) is 0 Å². The van der Waals surface area contributed by atoms with Crippen LogP contribution in [0.1, 0.15) is 32.1 Å². The quantitative estimate of drug-likeness (QED) is 0.815. The Hall–Kier alpha value is -1.66. The molecular formula is C19H26N4O2. The van der Waals surface area contributed by atoms with E-state index < -0.39 is 0 Å². The van der Waals surface area contributed by atoms with E-state index in [0.29, 0.717) is 12.6 Å². The third kappa shape index (κ3) is 2.72. The third-order valence-electron chi connectivity index (χ3n) is 6.54. The maximum absolute atomic E-state index is 12.6. The molecular weight excluding hydrogens is 316 g/mol. The lowest BCUT2D eigenvalue weighted by atomic mass is 9.90. The van der Waals surface area contributed by atoms with Gasteiger partial charge in [-0.2, -0.15) is 0 Å². The van der Waals surface area contributed by atoms with E-state index >= 15 is 0 Å². The Morgan fingerprint density at radius 3 is 2.60 bits per heavy atom. The number of piperazine rings is 1. The molecule has 1 saturated carbocycles. The van der Waals surface area contributed by atoms with Crippen LogP contribution in [-0.4, -0.2) is 71.3 Å². The van der Waals surface area contributed by atoms with Gasteiger partial charge in [-0.15, -0.1) is 0 Å². The van der Waals surface area contributed by atoms with Crippen LogP contribution in [0, 0.1) is 0 Å². The number of carbonyl (C=O) groups is 1. The molecule has 1 aromatic heterocycles. The van der Waals surface area contributed by atoms with Crippen molar-refractivity contribution in [3.8, 4) is 0 Å². The topological polar surface area (TPSA) is 48.9 Å². The zero-order valence-electron chi connectivity index (χ0n) is 14.6. The van der Waals surface area contributed by atoms with E-state index in [9.17, 15) is 4.79 Å². The van der Waals surface area contributed by atoms with Gasteiger partial charge in [0.25, 0.3) is 0 Å². The number of anilines is 1. The fourth-order valence-electron chi connectivity index (χ4n) is 4.75. The Bertz CT molecular complexity index is 640. The monoisotopic (exact) mass is 342 g/mol. The summed E-state index contributed by atoms with van der Waals surface area (Å²) in [7, 11) is 0. The fourth-order valence-corrected chi connectivity index (χ4v) is 4.75. The molecule has 6 nitrogen and oxygen atoms in total. The summed E-state index contributed by atoms with van der Waals surface area (Å²) in [5.41, 5.74) is 1.09. The summed E-state index contributed by atoms with van der Waals surface area (Å²) in [5, 5.41) is 0. The number of amides is 1. The molecule has 0 aromatic carbocycles. The number of hydrogen-bond donors (Lipinski definition) is 0. The molecule has 6 heteroatoms. The first-order chi connectivity index (χ1) is 12.2. The van der Waals surface area contributed by atoms with Crippen LogP contribution in [0.4, 0.5) is 5.69 Å². The molecule has 4 aliphatic rings. The van der Waals surface area contributed by atoms with Crippen LogP contribution in [-0.2, 0) is 9.53 Å². The number of aromatic nitrogens is 1. The van der Waals surface area contributed by atoms with Gasteiger partial charge in [0.2, 0.25) is 5.91 Å². The van der Waals surface area contributed by atoms with Crippen molar-refractivity contribution in [3.63, 3.8) is 0 Å². The predicted molar refractivity (Wildman–Crippen MR) is 94.2 cm³/mol. The Labute approximate surface area is 148 Å². The number of carbonyl (C=O) groups excluding carboxylic acids is 1. The van der Waals surface area contributed by atoms with Gasteiger partial charge in [0.15, 0.2) is 0 Å². The number of piperidine rings is 1. The maximum atomic E-state index is 12.6. The summed E-state index contributed by atoms with van der Waals surface area (Å²) in [6, 6.07) is 4.74. The van der Waals surface area contributed by atoms with Gasteiger partial charge in [-0.1, -0.05) is 6.42 Å². The van der Waals surface area contributed by atoms with E-state index in [4.69, 9.17) is 4.74 Å². The van der Waals surface area contributed by atoms with E-state index in [0.717, 1.165) is 39.0 Å². The molecule has 4 fully saturated rings. The van der Waals surface area contributed by atoms with E-state index in [2.05, 4.69) is 26.9 Å². The SMILES string of the molecule is O=C1CN(C2CCC2)CC2OC3(CCN(c4ccncc4)CC3)CN12. The second-order valence-electron chi connectivity index (χ2n) is 7.98. The molecule has 1 aromatic rings. The first kappa shape index (κ1) is 15.6. The molecule has 1 unspecified atom stereocenters. The van der Waals surface area contributed by atoms with Crippen LogP contribution in [0.25, 0.3) is 0 Å². The lowest BCUT2D eigenvalue weighted by Crippen LogP contribution is -2.58. The van der Waals surface area contributed by atoms with Gasteiger partial charge in [-0.25, -0.2) is 0 Å². The van der Waals surface area contributed by atoms with Gasteiger partial charge in [0, 0.05) is 43.8 Å². The van der Waals surface area contributed by atoms with Crippen molar-refractivity contribution in [2.45, 2.75) is 50.0 Å². The molecule has 1 spiro atoms. The minimum Gasteiger partial charge on any atom is -0.371 e. The third-order valence-corrected chi connectivity index (χ3v) is 6.54. The zero-order valence-corrected chi connectivity index (χ0v) is 14.6. The van der Waals surface area contributed by atoms with Gasteiger partial charge in [-0.3, -0.25) is 14.7 Å². The second kappa shape index (κ2) is 5.95. The van der Waals surface area contributed by atoms with Crippen molar-refractivity contribution in [3.05, 3.63) is 24.5 Å². The maximum Gasteiger partial charge on any atom is 0.238 e. The van der Waals surface area contributed by atoms with E-state index in [-0.39, 0.29) is 17.7 Å². The molecule has 3 aliphatic heterocycles. The van der Waals surface area contributed by atoms with Crippen LogP contribution in [0.2, 0.25) is 0 Å². The summed E-state index contributed by atoms with van der Waals surface area (Å²) >= 11 is 0. The first-order valence-corrected chi connectivity index (χ1v) is 9.59. The van der Waals surface area contributed by atoms with Crippen molar-refractivity contribution in [2.75, 3.05) is 37.6 Å². The van der Waals surface area contributed by atoms with Crippen LogP contribution >= 0.6 is 0 Å². The molecule has 1 atom stereocenters. The van der Waals surface area contributed by atoms with Crippen molar-refractivity contribution < 1.29 is 9.53 Å². The highest BCUT2D eigenvalue weighted by atomic mass is 16.5. The Morgan fingerprint density at radius 1 is 1.16 bits per heavy atom. The second-order valence-corrected chi connectivity index (χ2v) is 7.98. The molecule has 5 rings (SSSR count). The standard InChI is InChI=1S/C19H26N4O2/c24-17-12-22(15-2-1-3-15)13-18-23(17)14-19(25-18)6-10-21(11-7-19)16-4-8-20-9-5-16/h4-5,8-9,15,18H,1-3,6-7,10-14H2. The zero-order chi connectivity index (χ0) is 16.9. The minimum absolute atomic E-state index is 0.0330. The summed E-state index contributed by atoms with van der Waals surface area (Å²) in [6.45, 7) is 4.21. The molecule has 0 N–H and O–H groups in total. The van der Waals surface area contributed by atoms with E-state index in [1.165, 1.54) is 24.9 Å². The predicted octanol–water partition coefficient (Wildman–Crippen LogP) is 1.47. The summed E-state index contributed by atoms with van der Waals surface area (Å²) in [6.07, 6.45) is 9.42. The number of hydrogen-bond acceptors (Lipinski definition) is 5. The molecule has 3 saturated heterocycles. The average molecular weight is 342 g/mol. The van der Waals surface area contributed by atoms with Gasteiger partial charge >= 0.3 is 0 Å². The van der Waals surface area contributed by atoms with Crippen molar-refractivity contribution in [1.29, 1.82) is 0 Å². The number of pyridine rings is 1. The molecule has 1 amide bonds. The smallest absolute Gasteiger partial charge is 0.238 e. The Kier molecular flexibility index (Phi) is 3.71. The van der Waals surface area contributed by atoms with Crippen LogP contribution in [0.5, 0.6) is 0 Å². The normalized spacial score (nSPS) is 29.8. The van der Waals surface area contributed by atoms with Gasteiger partial charge in [0.05, 0.1) is 18.7 Å². The first-order valence-electron chi connectivity index (χ1n) is 9.59. The highest BCUT2D eigenvalue weighted by molar-refractivity contribution is 5.79. The fraction of sp³-hybridized carbons (Fsp3) is 0.684. The molecule has 134 valence electrons. The van der Waals surface area contributed by atoms with E-state index in [1.54, 1.807) is 0 Å².